The molecule has 0 bridgehead atoms. The van der Waals surface area contributed by atoms with E-state index in [2.05, 4.69) is 60.1 Å². The lowest BCUT2D eigenvalue weighted by Gasteiger charge is -2.27. The Morgan fingerprint density at radius 3 is 2.42 bits per heavy atom. The van der Waals surface area contributed by atoms with Gasteiger partial charge in [-0.05, 0) is 87.6 Å². The zero-order chi connectivity index (χ0) is 31.3. The van der Waals surface area contributed by atoms with Crippen molar-refractivity contribution in [1.29, 1.82) is 0 Å². The second-order valence-corrected chi connectivity index (χ2v) is 11.8. The van der Waals surface area contributed by atoms with Gasteiger partial charge in [-0.25, -0.2) is 0 Å². The molecule has 0 unspecified atom stereocenters. The zero-order valence-corrected chi connectivity index (χ0v) is 26.3. The second-order valence-electron chi connectivity index (χ2n) is 11.8. The number of rotatable bonds is 11. The summed E-state index contributed by atoms with van der Waals surface area (Å²) in [7, 11) is 0. The molecule has 228 valence electrons. The van der Waals surface area contributed by atoms with Crippen LogP contribution in [0.15, 0.2) is 66.4 Å². The molecule has 1 aromatic heterocycles. The van der Waals surface area contributed by atoms with Crippen LogP contribution in [0, 0.1) is 6.92 Å². The highest BCUT2D eigenvalue weighted by Crippen LogP contribution is 2.34. The van der Waals surface area contributed by atoms with Crippen LogP contribution in [0.3, 0.4) is 0 Å². The number of aryl methyl sites for hydroxylation is 1. The van der Waals surface area contributed by atoms with Crippen molar-refractivity contribution < 1.29 is 14.4 Å². The average molecular weight is 584 g/mol. The topological polar surface area (TPSA) is 95.5 Å². The lowest BCUT2D eigenvalue weighted by Crippen LogP contribution is -2.48. The van der Waals surface area contributed by atoms with E-state index in [0.717, 1.165) is 51.8 Å². The minimum absolute atomic E-state index is 0.0308. The molecule has 4 rings (SSSR count). The number of carbonyl (C=O) groups excluding carboxylic acids is 3. The molecule has 2 heterocycles. The van der Waals surface area contributed by atoms with E-state index in [4.69, 9.17) is 0 Å². The van der Waals surface area contributed by atoms with Crippen molar-refractivity contribution >= 4 is 34.3 Å². The number of nitrogens with one attached hydrogen (secondary N) is 3. The fraction of sp³-hybridized carbons (Fsp3) is 0.400. The molecule has 1 fully saturated rings. The highest BCUT2D eigenvalue weighted by molar-refractivity contribution is 6.10. The first-order chi connectivity index (χ1) is 20.5. The van der Waals surface area contributed by atoms with Gasteiger partial charge in [0.15, 0.2) is 0 Å². The van der Waals surface area contributed by atoms with Crippen LogP contribution in [0.2, 0.25) is 0 Å². The first-order valence-corrected chi connectivity index (χ1v) is 15.3. The van der Waals surface area contributed by atoms with E-state index in [9.17, 15) is 14.4 Å². The van der Waals surface area contributed by atoms with Crippen LogP contribution in [0.4, 0.5) is 5.69 Å². The number of amides is 3. The van der Waals surface area contributed by atoms with Crippen molar-refractivity contribution in [2.24, 2.45) is 0 Å². The maximum Gasteiger partial charge on any atom is 0.252 e. The van der Waals surface area contributed by atoms with Crippen molar-refractivity contribution in [3.8, 4) is 11.1 Å². The average Bonchev–Trinajstić information content (AvgIpc) is 3.32. The van der Waals surface area contributed by atoms with Gasteiger partial charge in [0.1, 0.15) is 0 Å². The van der Waals surface area contributed by atoms with E-state index in [-0.39, 0.29) is 36.3 Å². The molecule has 2 aromatic carbocycles. The van der Waals surface area contributed by atoms with Crippen molar-refractivity contribution in [3.05, 3.63) is 77.5 Å². The number of aromatic nitrogens is 1. The van der Waals surface area contributed by atoms with Crippen LogP contribution in [0.1, 0.15) is 69.4 Å². The molecule has 1 aliphatic heterocycles. The van der Waals surface area contributed by atoms with E-state index in [1.165, 1.54) is 0 Å². The van der Waals surface area contributed by atoms with E-state index in [0.29, 0.717) is 30.6 Å². The fourth-order valence-electron chi connectivity index (χ4n) is 5.67. The molecule has 1 aliphatic rings. The van der Waals surface area contributed by atoms with Gasteiger partial charge in [0, 0.05) is 65.6 Å². The lowest BCUT2D eigenvalue weighted by atomic mass is 9.97. The summed E-state index contributed by atoms with van der Waals surface area (Å²) in [5, 5.41) is 10.0. The molecule has 3 aromatic rings. The monoisotopic (exact) mass is 583 g/mol. The lowest BCUT2D eigenvalue weighted by molar-refractivity contribution is -0.119. The van der Waals surface area contributed by atoms with E-state index in [1.54, 1.807) is 11.0 Å². The molecular formula is C35H45N5O3. The van der Waals surface area contributed by atoms with Crippen LogP contribution in [0.5, 0.6) is 0 Å². The Kier molecular flexibility index (Phi) is 10.2. The Morgan fingerprint density at radius 1 is 1.09 bits per heavy atom. The molecule has 8 nitrogen and oxygen atoms in total. The van der Waals surface area contributed by atoms with Gasteiger partial charge in [-0.1, -0.05) is 38.1 Å². The number of carbonyl (C=O) groups is 3. The van der Waals surface area contributed by atoms with E-state index in [1.807, 2.05) is 51.1 Å². The van der Waals surface area contributed by atoms with Crippen molar-refractivity contribution in [2.45, 2.75) is 66.5 Å². The van der Waals surface area contributed by atoms with Gasteiger partial charge in [0.25, 0.3) is 5.91 Å². The fourth-order valence-corrected chi connectivity index (χ4v) is 5.67. The molecule has 3 N–H and O–H groups in total. The van der Waals surface area contributed by atoms with Gasteiger partial charge >= 0.3 is 0 Å². The van der Waals surface area contributed by atoms with Crippen LogP contribution < -0.4 is 20.9 Å². The predicted octanol–water partition coefficient (Wildman–Crippen LogP) is 5.67. The number of allylic oxidation sites excluding steroid dienone is 2. The van der Waals surface area contributed by atoms with Crippen molar-refractivity contribution in [2.75, 3.05) is 31.1 Å². The number of piperazine rings is 1. The third kappa shape index (κ3) is 7.08. The van der Waals surface area contributed by atoms with Gasteiger partial charge in [-0.3, -0.25) is 14.4 Å². The van der Waals surface area contributed by atoms with E-state index >= 15 is 0 Å². The third-order valence-electron chi connectivity index (χ3n) is 7.80. The third-order valence-corrected chi connectivity index (χ3v) is 7.80. The molecule has 3 amide bonds. The Morgan fingerprint density at radius 2 is 1.81 bits per heavy atom. The molecule has 1 saturated heterocycles. The SMILES string of the molecule is C=C/C(CCC)=C(/CNC(=O)c1cc(-c2ccc(N3CCNCC3=O)cc2)cc2c1c(C)cn2C(C)C)C(=O)NC(C)C. The first kappa shape index (κ1) is 31.8. The first-order valence-electron chi connectivity index (χ1n) is 15.3. The Labute approximate surface area is 255 Å². The molecular weight excluding hydrogens is 538 g/mol. The summed E-state index contributed by atoms with van der Waals surface area (Å²) in [6.07, 6.45) is 5.37. The Bertz CT molecular complexity index is 1550. The minimum atomic E-state index is -0.241. The summed E-state index contributed by atoms with van der Waals surface area (Å²) < 4.78 is 2.19. The van der Waals surface area contributed by atoms with Crippen molar-refractivity contribution in [3.63, 3.8) is 0 Å². The van der Waals surface area contributed by atoms with Gasteiger partial charge < -0.3 is 25.4 Å². The summed E-state index contributed by atoms with van der Waals surface area (Å²) in [5.41, 5.74) is 6.63. The summed E-state index contributed by atoms with van der Waals surface area (Å²) >= 11 is 0. The van der Waals surface area contributed by atoms with E-state index < -0.39 is 0 Å². The van der Waals surface area contributed by atoms with Crippen LogP contribution in [-0.2, 0) is 9.59 Å². The molecule has 0 atom stereocenters. The summed E-state index contributed by atoms with van der Waals surface area (Å²) in [5.74, 6) is -0.379. The molecule has 0 spiro atoms. The number of hydrogen-bond acceptors (Lipinski definition) is 4. The molecule has 0 aliphatic carbocycles. The van der Waals surface area contributed by atoms with Crippen LogP contribution in [0.25, 0.3) is 22.0 Å². The maximum absolute atomic E-state index is 13.9. The summed E-state index contributed by atoms with van der Waals surface area (Å²) in [6.45, 7) is 17.9. The molecule has 8 heteroatoms. The highest BCUT2D eigenvalue weighted by Gasteiger charge is 2.22. The molecule has 0 saturated carbocycles. The minimum Gasteiger partial charge on any atom is -0.350 e. The van der Waals surface area contributed by atoms with Crippen LogP contribution in [-0.4, -0.2) is 54.5 Å². The number of fused-ring (bicyclic) bond motifs is 1. The number of anilines is 1. The predicted molar refractivity (Wildman–Crippen MR) is 175 cm³/mol. The molecule has 43 heavy (non-hydrogen) atoms. The van der Waals surface area contributed by atoms with Gasteiger partial charge in [0.05, 0.1) is 6.54 Å². The maximum atomic E-state index is 13.9. The molecule has 0 radical (unpaired) electrons. The van der Waals surface area contributed by atoms with Gasteiger partial charge in [-0.2, -0.15) is 0 Å². The Hall–Kier alpha value is -4.17. The smallest absolute Gasteiger partial charge is 0.252 e. The number of benzene rings is 2. The summed E-state index contributed by atoms with van der Waals surface area (Å²) in [4.78, 5) is 41.3. The largest absolute Gasteiger partial charge is 0.350 e. The highest BCUT2D eigenvalue weighted by atomic mass is 16.2. The number of hydrogen-bond donors (Lipinski definition) is 3. The normalized spacial score (nSPS) is 14.3. The second kappa shape index (κ2) is 13.9. The van der Waals surface area contributed by atoms with Crippen LogP contribution >= 0.6 is 0 Å². The number of nitrogens with zero attached hydrogens (tertiary/aromatic N) is 2. The Balaban J connectivity index is 1.74. The zero-order valence-electron chi connectivity index (χ0n) is 26.3. The van der Waals surface area contributed by atoms with Crippen molar-refractivity contribution in [1.82, 2.24) is 20.5 Å². The summed E-state index contributed by atoms with van der Waals surface area (Å²) in [6, 6.07) is 12.1. The standard InChI is InChI=1S/C35H45N5O3/c1-8-10-25(9-2)30(35(43)38-22(3)4)19-37-34(42)29-17-27(18-31-33(29)24(7)21-40(31)23(5)6)26-11-13-28(14-12-26)39-16-15-36-20-32(39)41/h9,11-14,17-18,21-23,36H,2,8,10,15-16,19-20H2,1,3-7H3,(H,37,42)(H,38,43)/b30-25+. The van der Waals surface area contributed by atoms with Gasteiger partial charge in [-0.15, -0.1) is 0 Å². The quantitative estimate of drug-likeness (QED) is 0.200. The van der Waals surface area contributed by atoms with Gasteiger partial charge in [0.2, 0.25) is 11.8 Å².